The maximum Gasteiger partial charge on any atom is 0.329 e. The molecule has 0 aliphatic rings. The zero-order valence-corrected chi connectivity index (χ0v) is 10.7. The molecule has 18 heavy (non-hydrogen) atoms. The van der Waals surface area contributed by atoms with Crippen molar-refractivity contribution in [2.45, 2.75) is 6.42 Å². The highest BCUT2D eigenvalue weighted by molar-refractivity contribution is 9.10. The van der Waals surface area contributed by atoms with Gasteiger partial charge in [0.1, 0.15) is 10.2 Å². The number of nitrogens with one attached hydrogen (secondary N) is 1. The van der Waals surface area contributed by atoms with E-state index in [0.29, 0.717) is 0 Å². The standard InChI is InChI=1S/C9H10BrN3O5/c10-9-6(13(15)16)2-1-3-7(9)17-5-4-8(14)18-12-11/h1-3,12H,4-5,11H2. The fourth-order valence-corrected chi connectivity index (χ4v) is 1.64. The van der Waals surface area contributed by atoms with Crippen molar-refractivity contribution in [3.8, 4) is 5.75 Å². The van der Waals surface area contributed by atoms with Gasteiger partial charge >= 0.3 is 5.97 Å². The lowest BCUT2D eigenvalue weighted by Crippen LogP contribution is -2.26. The molecule has 1 aromatic rings. The monoisotopic (exact) mass is 319 g/mol. The number of carbonyl (C=O) groups is 1. The maximum absolute atomic E-state index is 10.9. The molecule has 1 aromatic carbocycles. The molecule has 0 heterocycles. The predicted molar refractivity (Wildman–Crippen MR) is 64.3 cm³/mol. The van der Waals surface area contributed by atoms with Gasteiger partial charge in [-0.15, -0.1) is 0 Å². The van der Waals surface area contributed by atoms with Gasteiger partial charge < -0.3 is 9.57 Å². The average Bonchev–Trinajstić information content (AvgIpc) is 2.31. The van der Waals surface area contributed by atoms with Crippen molar-refractivity contribution in [1.29, 1.82) is 0 Å². The van der Waals surface area contributed by atoms with E-state index in [1.54, 1.807) is 11.7 Å². The first-order chi connectivity index (χ1) is 8.56. The van der Waals surface area contributed by atoms with Crippen LogP contribution in [0.2, 0.25) is 0 Å². The van der Waals surface area contributed by atoms with Gasteiger partial charge in [0.05, 0.1) is 18.0 Å². The Balaban J connectivity index is 2.60. The van der Waals surface area contributed by atoms with Gasteiger partial charge in [0, 0.05) is 6.07 Å². The van der Waals surface area contributed by atoms with Crippen LogP contribution in [-0.2, 0) is 9.63 Å². The van der Waals surface area contributed by atoms with Crippen LogP contribution in [0.4, 0.5) is 5.69 Å². The molecule has 0 saturated carbocycles. The SMILES string of the molecule is NNOC(=O)CCOc1cccc([N+](=O)[O-])c1Br. The van der Waals surface area contributed by atoms with Crippen molar-refractivity contribution >= 4 is 27.6 Å². The van der Waals surface area contributed by atoms with Crippen LogP contribution >= 0.6 is 15.9 Å². The van der Waals surface area contributed by atoms with Crippen LogP contribution in [0.5, 0.6) is 5.75 Å². The summed E-state index contributed by atoms with van der Waals surface area (Å²) in [7, 11) is 0. The number of halogens is 1. The Morgan fingerprint density at radius 1 is 1.56 bits per heavy atom. The number of hydrazine groups is 1. The summed E-state index contributed by atoms with van der Waals surface area (Å²) in [6.07, 6.45) is -0.0423. The normalized spacial score (nSPS) is 9.89. The number of rotatable bonds is 6. The topological polar surface area (TPSA) is 117 Å². The van der Waals surface area contributed by atoms with Gasteiger partial charge in [-0.3, -0.25) is 14.9 Å². The molecule has 98 valence electrons. The van der Waals surface area contributed by atoms with Gasteiger partial charge in [0.2, 0.25) is 0 Å². The lowest BCUT2D eigenvalue weighted by Gasteiger charge is -2.07. The van der Waals surface area contributed by atoms with E-state index < -0.39 is 10.9 Å². The number of hydrogen-bond acceptors (Lipinski definition) is 7. The molecule has 0 radical (unpaired) electrons. The molecule has 1 rings (SSSR count). The minimum Gasteiger partial charge on any atom is -0.492 e. The van der Waals surface area contributed by atoms with Crippen LogP contribution < -0.4 is 16.2 Å². The maximum atomic E-state index is 10.9. The molecule has 0 aliphatic carbocycles. The first kappa shape index (κ1) is 14.4. The Hall–Kier alpha value is -1.71. The first-order valence-corrected chi connectivity index (χ1v) is 5.56. The second-order valence-corrected chi connectivity index (χ2v) is 3.83. The summed E-state index contributed by atoms with van der Waals surface area (Å²) in [4.78, 5) is 25.3. The minimum absolute atomic E-state index is 0.0142. The Kier molecular flexibility index (Phi) is 5.49. The molecule has 3 N–H and O–H groups in total. The van der Waals surface area contributed by atoms with Crippen LogP contribution in [-0.4, -0.2) is 17.5 Å². The predicted octanol–water partition coefficient (Wildman–Crippen LogP) is 1.05. The highest BCUT2D eigenvalue weighted by atomic mass is 79.9. The van der Waals surface area contributed by atoms with Crippen molar-refractivity contribution in [2.24, 2.45) is 5.84 Å². The van der Waals surface area contributed by atoms with E-state index in [4.69, 9.17) is 10.6 Å². The van der Waals surface area contributed by atoms with Crippen LogP contribution in [0.25, 0.3) is 0 Å². The number of carbonyl (C=O) groups excluding carboxylic acids is 1. The van der Waals surface area contributed by atoms with Gasteiger partial charge in [-0.1, -0.05) is 11.7 Å². The summed E-state index contributed by atoms with van der Waals surface area (Å²) in [6, 6.07) is 4.37. The number of nitrogens with zero attached hydrogens (tertiary/aromatic N) is 1. The molecule has 0 aromatic heterocycles. The van der Waals surface area contributed by atoms with E-state index in [-0.39, 0.29) is 28.9 Å². The molecule has 0 unspecified atom stereocenters. The summed E-state index contributed by atoms with van der Waals surface area (Å²) in [5.74, 6) is 4.45. The van der Waals surface area contributed by atoms with Crippen LogP contribution in [0, 0.1) is 10.1 Å². The Bertz CT molecular complexity index is 454. The van der Waals surface area contributed by atoms with Crippen molar-refractivity contribution in [3.63, 3.8) is 0 Å². The third-order valence-corrected chi connectivity index (χ3v) is 2.67. The van der Waals surface area contributed by atoms with Crippen molar-refractivity contribution in [1.82, 2.24) is 5.59 Å². The summed E-state index contributed by atoms with van der Waals surface area (Å²) >= 11 is 3.06. The lowest BCUT2D eigenvalue weighted by atomic mass is 10.3. The molecule has 8 nitrogen and oxygen atoms in total. The molecule has 0 bridgehead atoms. The Labute approximate surface area is 110 Å². The van der Waals surface area contributed by atoms with Gasteiger partial charge in [-0.05, 0) is 22.0 Å². The largest absolute Gasteiger partial charge is 0.492 e. The Morgan fingerprint density at radius 3 is 2.89 bits per heavy atom. The molecule has 0 fully saturated rings. The van der Waals surface area contributed by atoms with Gasteiger partial charge in [0.15, 0.2) is 0 Å². The van der Waals surface area contributed by atoms with Gasteiger partial charge in [0.25, 0.3) is 5.69 Å². The highest BCUT2D eigenvalue weighted by Crippen LogP contribution is 2.33. The summed E-state index contributed by atoms with van der Waals surface area (Å²) in [5.41, 5.74) is 1.64. The molecular formula is C9H10BrN3O5. The Morgan fingerprint density at radius 2 is 2.28 bits per heavy atom. The summed E-state index contributed by atoms with van der Waals surface area (Å²) < 4.78 is 5.45. The molecule has 9 heteroatoms. The van der Waals surface area contributed by atoms with Crippen molar-refractivity contribution in [3.05, 3.63) is 32.8 Å². The van der Waals surface area contributed by atoms with Crippen LogP contribution in [0.15, 0.2) is 22.7 Å². The van der Waals surface area contributed by atoms with Gasteiger partial charge in [-0.25, -0.2) is 5.84 Å². The third kappa shape index (κ3) is 3.95. The molecule has 0 saturated heterocycles. The van der Waals surface area contributed by atoms with E-state index in [1.807, 2.05) is 0 Å². The number of nitrogens with two attached hydrogens (primary N) is 1. The van der Waals surface area contributed by atoms with E-state index in [1.165, 1.54) is 12.1 Å². The number of benzene rings is 1. The highest BCUT2D eigenvalue weighted by Gasteiger charge is 2.16. The second-order valence-electron chi connectivity index (χ2n) is 3.04. The molecule has 0 atom stereocenters. The molecule has 0 aliphatic heterocycles. The second kappa shape index (κ2) is 6.89. The smallest absolute Gasteiger partial charge is 0.329 e. The van der Waals surface area contributed by atoms with E-state index >= 15 is 0 Å². The van der Waals surface area contributed by atoms with E-state index in [0.717, 1.165) is 0 Å². The number of nitro groups is 1. The average molecular weight is 320 g/mol. The van der Waals surface area contributed by atoms with E-state index in [9.17, 15) is 14.9 Å². The molecule has 0 amide bonds. The minimum atomic E-state index is -0.598. The summed E-state index contributed by atoms with van der Waals surface area (Å²) in [5, 5.41) is 10.7. The summed E-state index contributed by atoms with van der Waals surface area (Å²) in [6.45, 7) is 0.0142. The zero-order chi connectivity index (χ0) is 13.5. The quantitative estimate of drug-likeness (QED) is 0.457. The fraction of sp³-hybridized carbons (Fsp3) is 0.222. The number of hydrogen-bond donors (Lipinski definition) is 2. The van der Waals surface area contributed by atoms with Gasteiger partial charge in [-0.2, -0.15) is 0 Å². The fourth-order valence-electron chi connectivity index (χ4n) is 1.11. The molecule has 0 spiro atoms. The third-order valence-electron chi connectivity index (χ3n) is 1.88. The number of ether oxygens (including phenoxy) is 1. The number of nitro benzene ring substituents is 1. The van der Waals surface area contributed by atoms with Crippen molar-refractivity contribution in [2.75, 3.05) is 6.61 Å². The zero-order valence-electron chi connectivity index (χ0n) is 9.09. The van der Waals surface area contributed by atoms with Crippen LogP contribution in [0.3, 0.4) is 0 Å². The lowest BCUT2D eigenvalue weighted by molar-refractivity contribution is -0.385. The van der Waals surface area contributed by atoms with Crippen LogP contribution in [0.1, 0.15) is 6.42 Å². The molecular weight excluding hydrogens is 310 g/mol. The first-order valence-electron chi connectivity index (χ1n) is 4.77. The van der Waals surface area contributed by atoms with Crippen molar-refractivity contribution < 1.29 is 19.3 Å². The van der Waals surface area contributed by atoms with E-state index in [2.05, 4.69) is 20.8 Å².